The lowest BCUT2D eigenvalue weighted by molar-refractivity contribution is -0.139. The number of hydrogen-bond acceptors (Lipinski definition) is 8. The summed E-state index contributed by atoms with van der Waals surface area (Å²) in [5.74, 6) is -1.26. The van der Waals surface area contributed by atoms with E-state index in [1.54, 1.807) is 18.2 Å². The number of carboxylic acids is 1. The highest BCUT2D eigenvalue weighted by molar-refractivity contribution is 9.10. The van der Waals surface area contributed by atoms with Gasteiger partial charge in [-0.15, -0.1) is 11.3 Å². The van der Waals surface area contributed by atoms with Gasteiger partial charge in [0.25, 0.3) is 15.9 Å². The van der Waals surface area contributed by atoms with Gasteiger partial charge in [-0.1, -0.05) is 27.5 Å². The van der Waals surface area contributed by atoms with E-state index in [4.69, 9.17) is 26.2 Å². The van der Waals surface area contributed by atoms with Gasteiger partial charge in [0.1, 0.15) is 15.7 Å². The normalized spacial score (nSPS) is 11.3. The van der Waals surface area contributed by atoms with Crippen LogP contribution in [0, 0.1) is 0 Å². The lowest BCUT2D eigenvalue weighted by Gasteiger charge is -2.12. The van der Waals surface area contributed by atoms with Crippen LogP contribution in [0.25, 0.3) is 0 Å². The number of sulfonamides is 1. The molecule has 0 aliphatic heterocycles. The number of aliphatic carboxylic acids is 1. The number of methoxy groups -OCH3 is 1. The van der Waals surface area contributed by atoms with E-state index in [1.165, 1.54) is 43.7 Å². The number of hydrazone groups is 1. The average molecular weight is 603 g/mol. The first-order valence-corrected chi connectivity index (χ1v) is 13.0. The van der Waals surface area contributed by atoms with Gasteiger partial charge in [-0.25, -0.2) is 18.6 Å². The van der Waals surface area contributed by atoms with E-state index in [9.17, 15) is 18.0 Å². The third kappa shape index (κ3) is 7.18. The third-order valence-electron chi connectivity index (χ3n) is 4.23. The highest BCUT2D eigenvalue weighted by Crippen LogP contribution is 2.29. The maximum atomic E-state index is 12.8. The van der Waals surface area contributed by atoms with Crippen LogP contribution in [0.4, 0.5) is 5.69 Å². The van der Waals surface area contributed by atoms with Crippen LogP contribution in [0.3, 0.4) is 0 Å². The van der Waals surface area contributed by atoms with Crippen molar-refractivity contribution in [2.45, 2.75) is 4.21 Å². The molecule has 0 aliphatic rings. The van der Waals surface area contributed by atoms with E-state index in [-0.39, 0.29) is 21.2 Å². The topological polar surface area (TPSA) is 143 Å². The summed E-state index contributed by atoms with van der Waals surface area (Å²) in [7, 11) is -2.53. The number of thiophene rings is 1. The highest BCUT2D eigenvalue weighted by atomic mass is 79.9. The fourth-order valence-electron chi connectivity index (χ4n) is 2.66. The second kappa shape index (κ2) is 11.5. The number of carbonyl (C=O) groups excluding carboxylic acids is 1. The number of rotatable bonds is 10. The minimum Gasteiger partial charge on any atom is -0.497 e. The number of nitrogens with zero attached hydrogens (tertiary/aromatic N) is 1. The van der Waals surface area contributed by atoms with Crippen LogP contribution in [0.2, 0.25) is 4.34 Å². The van der Waals surface area contributed by atoms with Crippen molar-refractivity contribution in [2.24, 2.45) is 5.10 Å². The van der Waals surface area contributed by atoms with Gasteiger partial charge in [-0.2, -0.15) is 5.10 Å². The van der Waals surface area contributed by atoms with Crippen molar-refractivity contribution in [1.82, 2.24) is 5.43 Å². The minimum absolute atomic E-state index is 0.000153. The molecule has 2 aromatic carbocycles. The summed E-state index contributed by atoms with van der Waals surface area (Å²) >= 11 is 9.98. The Hall–Kier alpha value is -3.13. The van der Waals surface area contributed by atoms with Gasteiger partial charge in [-0.05, 0) is 42.5 Å². The molecule has 1 aromatic heterocycles. The SMILES string of the molecule is COc1ccc(C=NNC(=O)c2cc(Br)ccc2NS(=O)(=O)c2ccc(Cl)s2)c(OCC(=O)O)c1. The Bertz CT molecular complexity index is 1390. The maximum Gasteiger partial charge on any atom is 0.341 e. The smallest absolute Gasteiger partial charge is 0.341 e. The molecular formula is C21H17BrClN3O7S2. The van der Waals surface area contributed by atoms with Crippen LogP contribution in [0.1, 0.15) is 15.9 Å². The summed E-state index contributed by atoms with van der Waals surface area (Å²) in [4.78, 5) is 23.7. The van der Waals surface area contributed by atoms with Gasteiger partial charge >= 0.3 is 5.97 Å². The van der Waals surface area contributed by atoms with Gasteiger partial charge < -0.3 is 14.6 Å². The number of hydrogen-bond donors (Lipinski definition) is 3. The zero-order valence-electron chi connectivity index (χ0n) is 17.8. The van der Waals surface area contributed by atoms with E-state index in [1.807, 2.05) is 0 Å². The first kappa shape index (κ1) is 26.5. The molecule has 0 fully saturated rings. The van der Waals surface area contributed by atoms with Crippen LogP contribution >= 0.6 is 38.9 Å². The van der Waals surface area contributed by atoms with E-state index >= 15 is 0 Å². The van der Waals surface area contributed by atoms with E-state index in [0.29, 0.717) is 20.1 Å². The van der Waals surface area contributed by atoms with Crippen molar-refractivity contribution in [3.63, 3.8) is 0 Å². The van der Waals surface area contributed by atoms with Crippen molar-refractivity contribution in [3.05, 3.63) is 68.5 Å². The Morgan fingerprint density at radius 3 is 2.63 bits per heavy atom. The number of anilines is 1. The van der Waals surface area contributed by atoms with Crippen molar-refractivity contribution in [1.29, 1.82) is 0 Å². The molecule has 1 amide bonds. The van der Waals surface area contributed by atoms with Crippen LogP contribution < -0.4 is 19.6 Å². The molecule has 0 aliphatic carbocycles. The summed E-state index contributed by atoms with van der Waals surface area (Å²) in [5.41, 5.74) is 2.72. The molecule has 3 N–H and O–H groups in total. The molecular weight excluding hydrogens is 586 g/mol. The van der Waals surface area contributed by atoms with Crippen LogP contribution in [0.5, 0.6) is 11.5 Å². The summed E-state index contributed by atoms with van der Waals surface area (Å²) in [6.07, 6.45) is 1.25. The monoisotopic (exact) mass is 601 g/mol. The number of carbonyl (C=O) groups is 2. The third-order valence-corrected chi connectivity index (χ3v) is 7.81. The fourth-order valence-corrected chi connectivity index (χ4v) is 5.59. The van der Waals surface area contributed by atoms with E-state index in [0.717, 1.165) is 11.3 Å². The molecule has 0 atom stereocenters. The number of carboxylic acid groups (broad SMARTS) is 1. The summed E-state index contributed by atoms with van der Waals surface area (Å²) in [6, 6.07) is 11.9. The van der Waals surface area contributed by atoms with Gasteiger partial charge in [-0.3, -0.25) is 9.52 Å². The van der Waals surface area contributed by atoms with Crippen molar-refractivity contribution < 1.29 is 32.6 Å². The number of benzene rings is 2. The van der Waals surface area contributed by atoms with Gasteiger partial charge in [0.15, 0.2) is 6.61 Å². The maximum absolute atomic E-state index is 12.8. The lowest BCUT2D eigenvalue weighted by Crippen LogP contribution is -2.21. The largest absolute Gasteiger partial charge is 0.497 e. The Morgan fingerprint density at radius 2 is 1.97 bits per heavy atom. The summed E-state index contributed by atoms with van der Waals surface area (Å²) in [5, 5.41) is 12.8. The zero-order chi connectivity index (χ0) is 25.6. The molecule has 10 nitrogen and oxygen atoms in total. The fraction of sp³-hybridized carbons (Fsp3) is 0.0952. The summed E-state index contributed by atoms with van der Waals surface area (Å²) < 4.78 is 38.9. The average Bonchev–Trinajstić information content (AvgIpc) is 3.26. The Morgan fingerprint density at radius 1 is 1.20 bits per heavy atom. The van der Waals surface area contributed by atoms with Crippen molar-refractivity contribution in [2.75, 3.05) is 18.4 Å². The number of halogens is 2. The standard InChI is InChI=1S/C21H17BrClN3O7S2/c1-32-14-4-2-12(17(9-14)33-11-19(27)28)10-24-25-21(29)15-8-13(22)3-5-16(15)26-35(30,31)20-7-6-18(23)34-20/h2-10,26H,11H2,1H3,(H,25,29)(H,27,28). The van der Waals surface area contributed by atoms with Gasteiger partial charge in [0, 0.05) is 16.1 Å². The molecule has 3 rings (SSSR count). The Kier molecular flexibility index (Phi) is 8.72. The quantitative estimate of drug-likeness (QED) is 0.233. The molecule has 35 heavy (non-hydrogen) atoms. The first-order chi connectivity index (χ1) is 16.6. The molecule has 0 saturated heterocycles. The van der Waals surface area contributed by atoms with E-state index < -0.39 is 28.5 Å². The predicted octanol–water partition coefficient (Wildman–Crippen LogP) is 4.20. The molecule has 3 aromatic rings. The molecule has 14 heteroatoms. The molecule has 0 unspecified atom stereocenters. The lowest BCUT2D eigenvalue weighted by atomic mass is 10.2. The zero-order valence-corrected chi connectivity index (χ0v) is 21.8. The highest BCUT2D eigenvalue weighted by Gasteiger charge is 2.21. The second-order valence-corrected chi connectivity index (χ2v) is 11.2. The minimum atomic E-state index is -3.98. The van der Waals surface area contributed by atoms with E-state index in [2.05, 4.69) is 31.2 Å². The van der Waals surface area contributed by atoms with Gasteiger partial charge in [0.2, 0.25) is 0 Å². The van der Waals surface area contributed by atoms with Crippen LogP contribution in [0.15, 0.2) is 62.3 Å². The summed E-state index contributed by atoms with van der Waals surface area (Å²) in [6.45, 7) is -0.586. The molecule has 0 spiro atoms. The molecule has 0 saturated carbocycles. The van der Waals surface area contributed by atoms with Crippen molar-refractivity contribution >= 4 is 72.7 Å². The number of nitrogens with one attached hydrogen (secondary N) is 2. The van der Waals surface area contributed by atoms with Crippen LogP contribution in [-0.4, -0.2) is 45.3 Å². The number of amides is 1. The van der Waals surface area contributed by atoms with Crippen LogP contribution in [-0.2, 0) is 14.8 Å². The first-order valence-electron chi connectivity index (χ1n) is 9.53. The van der Waals surface area contributed by atoms with Gasteiger partial charge in [0.05, 0.1) is 28.9 Å². The Balaban J connectivity index is 1.81. The molecule has 1 heterocycles. The molecule has 0 bridgehead atoms. The predicted molar refractivity (Wildman–Crippen MR) is 135 cm³/mol. The number of ether oxygens (including phenoxy) is 2. The van der Waals surface area contributed by atoms with Crippen molar-refractivity contribution in [3.8, 4) is 11.5 Å². The Labute approximate surface area is 217 Å². The molecule has 184 valence electrons. The second-order valence-electron chi connectivity index (χ2n) is 6.64. The molecule has 0 radical (unpaired) electrons.